The van der Waals surface area contributed by atoms with Crippen LogP contribution in [0.3, 0.4) is 0 Å². The van der Waals surface area contributed by atoms with E-state index in [-0.39, 0.29) is 0 Å². The Kier molecular flexibility index (Phi) is 6.96. The number of nitrogens with two attached hydrogens (primary N) is 1. The SMILES string of the molecule is CCN.CCNS(=O)(=O)c1ccc(C)cc1. The van der Waals surface area contributed by atoms with Crippen molar-refractivity contribution in [3.05, 3.63) is 29.8 Å². The predicted molar refractivity (Wildman–Crippen MR) is 66.8 cm³/mol. The van der Waals surface area contributed by atoms with Gasteiger partial charge in [-0.05, 0) is 25.6 Å². The van der Waals surface area contributed by atoms with Crippen LogP contribution in [-0.4, -0.2) is 21.5 Å². The Morgan fingerprint density at radius 1 is 1.19 bits per heavy atom. The maximum absolute atomic E-state index is 11.4. The smallest absolute Gasteiger partial charge is 0.240 e. The van der Waals surface area contributed by atoms with Gasteiger partial charge in [-0.15, -0.1) is 0 Å². The quantitative estimate of drug-likeness (QED) is 0.840. The van der Waals surface area contributed by atoms with Crippen LogP contribution >= 0.6 is 0 Å². The summed E-state index contributed by atoms with van der Waals surface area (Å²) >= 11 is 0. The van der Waals surface area contributed by atoms with Gasteiger partial charge in [0.25, 0.3) is 0 Å². The molecule has 0 atom stereocenters. The first-order valence-corrected chi connectivity index (χ1v) is 6.72. The molecule has 0 amide bonds. The molecule has 1 rings (SSSR count). The Labute approximate surface area is 97.9 Å². The molecule has 92 valence electrons. The van der Waals surface area contributed by atoms with Crippen LogP contribution in [0.15, 0.2) is 29.2 Å². The highest BCUT2D eigenvalue weighted by Gasteiger charge is 2.10. The van der Waals surface area contributed by atoms with E-state index in [1.807, 2.05) is 13.8 Å². The zero-order valence-corrected chi connectivity index (χ0v) is 10.8. The predicted octanol–water partition coefficient (Wildman–Crippen LogP) is 1.26. The molecule has 0 saturated heterocycles. The summed E-state index contributed by atoms with van der Waals surface area (Å²) in [5, 5.41) is 0. The molecule has 0 spiro atoms. The summed E-state index contributed by atoms with van der Waals surface area (Å²) in [5.41, 5.74) is 5.90. The largest absolute Gasteiger partial charge is 0.331 e. The van der Waals surface area contributed by atoms with E-state index in [4.69, 9.17) is 5.73 Å². The van der Waals surface area contributed by atoms with Gasteiger partial charge in [0.05, 0.1) is 4.90 Å². The van der Waals surface area contributed by atoms with Crippen LogP contribution in [0.25, 0.3) is 0 Å². The molecular weight excluding hydrogens is 224 g/mol. The Morgan fingerprint density at radius 3 is 2.00 bits per heavy atom. The molecule has 0 unspecified atom stereocenters. The summed E-state index contributed by atoms with van der Waals surface area (Å²) < 4.78 is 25.3. The lowest BCUT2D eigenvalue weighted by Gasteiger charge is -2.03. The van der Waals surface area contributed by atoms with E-state index in [1.165, 1.54) is 0 Å². The van der Waals surface area contributed by atoms with Crippen LogP contribution in [0.5, 0.6) is 0 Å². The number of sulfonamides is 1. The van der Waals surface area contributed by atoms with E-state index in [0.717, 1.165) is 12.1 Å². The number of rotatable bonds is 3. The van der Waals surface area contributed by atoms with Crippen LogP contribution in [0.2, 0.25) is 0 Å². The summed E-state index contributed by atoms with van der Waals surface area (Å²) in [6, 6.07) is 6.77. The van der Waals surface area contributed by atoms with Gasteiger partial charge in [0, 0.05) is 6.54 Å². The van der Waals surface area contributed by atoms with Crippen molar-refractivity contribution in [3.63, 3.8) is 0 Å². The van der Waals surface area contributed by atoms with Crippen molar-refractivity contribution in [2.75, 3.05) is 13.1 Å². The third-order valence-electron chi connectivity index (χ3n) is 1.67. The molecule has 0 aromatic heterocycles. The zero-order valence-electron chi connectivity index (χ0n) is 10.0. The minimum Gasteiger partial charge on any atom is -0.331 e. The van der Waals surface area contributed by atoms with Crippen LogP contribution in [-0.2, 0) is 10.0 Å². The highest BCUT2D eigenvalue weighted by atomic mass is 32.2. The Morgan fingerprint density at radius 2 is 1.62 bits per heavy atom. The van der Waals surface area contributed by atoms with Crippen molar-refractivity contribution in [2.45, 2.75) is 25.7 Å². The zero-order chi connectivity index (χ0) is 12.6. The van der Waals surface area contributed by atoms with Crippen molar-refractivity contribution >= 4 is 10.0 Å². The lowest BCUT2D eigenvalue weighted by atomic mass is 10.2. The summed E-state index contributed by atoms with van der Waals surface area (Å²) in [7, 11) is -3.28. The van der Waals surface area contributed by atoms with Gasteiger partial charge in [0.1, 0.15) is 0 Å². The average Bonchev–Trinajstić information content (AvgIpc) is 2.19. The highest BCUT2D eigenvalue weighted by Crippen LogP contribution is 2.09. The molecule has 0 aliphatic heterocycles. The molecule has 0 saturated carbocycles. The second-order valence-corrected chi connectivity index (χ2v) is 4.99. The summed E-state index contributed by atoms with van der Waals surface area (Å²) in [6.07, 6.45) is 0. The molecule has 3 N–H and O–H groups in total. The molecule has 0 heterocycles. The molecule has 0 bridgehead atoms. The number of benzene rings is 1. The molecule has 1 aromatic carbocycles. The molecule has 0 aliphatic rings. The summed E-state index contributed by atoms with van der Waals surface area (Å²) in [4.78, 5) is 0.319. The third-order valence-corrected chi connectivity index (χ3v) is 3.23. The molecule has 4 nitrogen and oxygen atoms in total. The second kappa shape index (κ2) is 7.38. The Hall–Kier alpha value is -0.910. The number of hydrogen-bond acceptors (Lipinski definition) is 3. The molecule has 0 aliphatic carbocycles. The van der Waals surface area contributed by atoms with Crippen LogP contribution < -0.4 is 10.5 Å². The van der Waals surface area contributed by atoms with Crippen LogP contribution in [0.4, 0.5) is 0 Å². The van der Waals surface area contributed by atoms with Crippen LogP contribution in [0.1, 0.15) is 19.4 Å². The molecule has 1 aromatic rings. The molecule has 0 fully saturated rings. The Bertz CT molecular complexity index is 385. The van der Waals surface area contributed by atoms with E-state index in [0.29, 0.717) is 11.4 Å². The minimum atomic E-state index is -3.28. The van der Waals surface area contributed by atoms with Gasteiger partial charge in [0.15, 0.2) is 0 Å². The monoisotopic (exact) mass is 244 g/mol. The first kappa shape index (κ1) is 15.1. The van der Waals surface area contributed by atoms with Gasteiger partial charge in [-0.1, -0.05) is 31.5 Å². The van der Waals surface area contributed by atoms with E-state index in [9.17, 15) is 8.42 Å². The standard InChI is InChI=1S/C9H13NO2S.C2H7N/c1-3-10-13(11,12)9-6-4-8(2)5-7-9;1-2-3/h4-7,10H,3H2,1-2H3;2-3H2,1H3. The topological polar surface area (TPSA) is 72.2 Å². The summed E-state index contributed by atoms with van der Waals surface area (Å²) in [5.74, 6) is 0. The second-order valence-electron chi connectivity index (χ2n) is 3.22. The van der Waals surface area contributed by atoms with Gasteiger partial charge >= 0.3 is 0 Å². The van der Waals surface area contributed by atoms with Gasteiger partial charge in [-0.2, -0.15) is 0 Å². The molecule has 0 radical (unpaired) electrons. The van der Waals surface area contributed by atoms with Crippen molar-refractivity contribution < 1.29 is 8.42 Å². The van der Waals surface area contributed by atoms with Crippen molar-refractivity contribution in [1.29, 1.82) is 0 Å². The van der Waals surface area contributed by atoms with Crippen molar-refractivity contribution in [2.24, 2.45) is 5.73 Å². The van der Waals surface area contributed by atoms with E-state index >= 15 is 0 Å². The van der Waals surface area contributed by atoms with E-state index < -0.39 is 10.0 Å². The normalized spacial score (nSPS) is 10.5. The van der Waals surface area contributed by atoms with Crippen LogP contribution in [0, 0.1) is 6.92 Å². The van der Waals surface area contributed by atoms with Crippen molar-refractivity contribution in [1.82, 2.24) is 4.72 Å². The molecule has 5 heteroatoms. The maximum Gasteiger partial charge on any atom is 0.240 e. The molecular formula is C11H20N2O2S. The fourth-order valence-electron chi connectivity index (χ4n) is 0.991. The molecule has 16 heavy (non-hydrogen) atoms. The number of nitrogens with one attached hydrogen (secondary N) is 1. The fraction of sp³-hybridized carbons (Fsp3) is 0.455. The fourth-order valence-corrected chi connectivity index (χ4v) is 2.03. The first-order valence-electron chi connectivity index (χ1n) is 5.24. The number of hydrogen-bond donors (Lipinski definition) is 2. The van der Waals surface area contributed by atoms with Gasteiger partial charge < -0.3 is 5.73 Å². The minimum absolute atomic E-state index is 0.319. The van der Waals surface area contributed by atoms with Gasteiger partial charge in [-0.25, -0.2) is 13.1 Å². The maximum atomic E-state index is 11.4. The third kappa shape index (κ3) is 5.25. The van der Waals surface area contributed by atoms with E-state index in [2.05, 4.69) is 4.72 Å². The lowest BCUT2D eigenvalue weighted by molar-refractivity contribution is 0.584. The first-order chi connectivity index (χ1) is 7.47. The Balaban J connectivity index is 0.000000673. The number of aryl methyl sites for hydroxylation is 1. The van der Waals surface area contributed by atoms with E-state index in [1.54, 1.807) is 31.2 Å². The summed E-state index contributed by atoms with van der Waals surface area (Å²) in [6.45, 7) is 6.74. The van der Waals surface area contributed by atoms with Crippen molar-refractivity contribution in [3.8, 4) is 0 Å². The van der Waals surface area contributed by atoms with Gasteiger partial charge in [0.2, 0.25) is 10.0 Å². The average molecular weight is 244 g/mol. The highest BCUT2D eigenvalue weighted by molar-refractivity contribution is 7.89. The lowest BCUT2D eigenvalue weighted by Crippen LogP contribution is -2.22. The van der Waals surface area contributed by atoms with Gasteiger partial charge in [-0.3, -0.25) is 0 Å².